The van der Waals surface area contributed by atoms with Crippen LogP contribution in [0.4, 0.5) is 4.79 Å². The largest absolute Gasteiger partial charge is 0.341 e. The summed E-state index contributed by atoms with van der Waals surface area (Å²) < 4.78 is 0. The first-order valence-corrected chi connectivity index (χ1v) is 16.8. The second-order valence-electron chi connectivity index (χ2n) is 13.4. The smallest absolute Gasteiger partial charge is 0.320 e. The fourth-order valence-electron chi connectivity index (χ4n) is 7.90. The first kappa shape index (κ1) is 30.6. The van der Waals surface area contributed by atoms with Gasteiger partial charge in [0.2, 0.25) is 5.91 Å². The number of piperidine rings is 1. The summed E-state index contributed by atoms with van der Waals surface area (Å²) in [5.41, 5.74) is 7.28. The maximum absolute atomic E-state index is 14.1. The standard InChI is InChI=1S/C33H52ClN5O2/c1-23-8-9-24(2)38(23)33(41)39(29-6-4-3-5-7-29)30-18-20-37(21-19-30)32(40)31(22-25-10-12-26(34)13-11-25)36-28-16-14-27(35)15-17-28/h10-13,23-24,27-31,36H,3-9,14-22,35H2,1-2H3/t23-,24+,27?,28?,31-/m1/s1. The van der Waals surface area contributed by atoms with Gasteiger partial charge in [0.15, 0.2) is 0 Å². The highest BCUT2D eigenvalue weighted by Crippen LogP contribution is 2.33. The molecular weight excluding hydrogens is 534 g/mol. The third-order valence-electron chi connectivity index (χ3n) is 10.4. The first-order chi connectivity index (χ1) is 19.8. The summed E-state index contributed by atoms with van der Waals surface area (Å²) in [7, 11) is 0. The monoisotopic (exact) mass is 585 g/mol. The van der Waals surface area contributed by atoms with Gasteiger partial charge in [0.1, 0.15) is 0 Å². The normalized spacial score (nSPS) is 29.0. The molecule has 0 radical (unpaired) electrons. The molecule has 2 saturated carbocycles. The number of halogens is 1. The lowest BCUT2D eigenvalue weighted by Gasteiger charge is -2.46. The van der Waals surface area contributed by atoms with E-state index >= 15 is 0 Å². The predicted molar refractivity (Wildman–Crippen MR) is 166 cm³/mol. The molecule has 2 heterocycles. The molecule has 41 heavy (non-hydrogen) atoms. The molecule has 1 aromatic rings. The van der Waals surface area contributed by atoms with Gasteiger partial charge >= 0.3 is 6.03 Å². The van der Waals surface area contributed by atoms with Crippen LogP contribution in [0.2, 0.25) is 5.02 Å². The number of hydrogen-bond acceptors (Lipinski definition) is 4. The van der Waals surface area contributed by atoms with Crippen LogP contribution in [0.5, 0.6) is 0 Å². The summed E-state index contributed by atoms with van der Waals surface area (Å²) in [6.07, 6.45) is 14.5. The molecule has 1 aromatic carbocycles. The Balaban J connectivity index is 1.26. The zero-order chi connectivity index (χ0) is 28.9. The molecule has 3 N–H and O–H groups in total. The first-order valence-electron chi connectivity index (χ1n) is 16.5. The molecule has 4 fully saturated rings. The molecule has 7 nitrogen and oxygen atoms in total. The van der Waals surface area contributed by atoms with Crippen molar-refractivity contribution in [2.75, 3.05) is 13.1 Å². The second kappa shape index (κ2) is 14.1. The fourth-order valence-corrected chi connectivity index (χ4v) is 8.03. The van der Waals surface area contributed by atoms with Gasteiger partial charge in [-0.05, 0) is 102 Å². The molecule has 0 bridgehead atoms. The van der Waals surface area contributed by atoms with Crippen LogP contribution in [0.1, 0.15) is 103 Å². The van der Waals surface area contributed by atoms with E-state index in [0.717, 1.165) is 69.8 Å². The molecule has 0 spiro atoms. The number of hydrogen-bond donors (Lipinski definition) is 2. The minimum absolute atomic E-state index is 0.186. The number of carbonyl (C=O) groups is 2. The molecule has 3 amide bonds. The van der Waals surface area contributed by atoms with Crippen molar-refractivity contribution in [2.24, 2.45) is 5.73 Å². The maximum Gasteiger partial charge on any atom is 0.320 e. The highest BCUT2D eigenvalue weighted by molar-refractivity contribution is 6.30. The highest BCUT2D eigenvalue weighted by Gasteiger charge is 2.41. The van der Waals surface area contributed by atoms with Crippen LogP contribution in [-0.2, 0) is 11.2 Å². The number of carbonyl (C=O) groups excluding carboxylic acids is 2. The summed E-state index contributed by atoms with van der Waals surface area (Å²) in [6, 6.07) is 9.59. The molecular formula is C33H52ClN5O2. The Bertz CT molecular complexity index is 989. The van der Waals surface area contributed by atoms with Gasteiger partial charge in [-0.25, -0.2) is 4.79 Å². The van der Waals surface area contributed by atoms with E-state index in [-0.39, 0.29) is 30.1 Å². The average molecular weight is 586 g/mol. The molecule has 3 atom stereocenters. The lowest BCUT2D eigenvalue weighted by atomic mass is 9.90. The molecule has 0 unspecified atom stereocenters. The number of nitrogens with zero attached hydrogens (tertiary/aromatic N) is 3. The van der Waals surface area contributed by atoms with Crippen molar-refractivity contribution in [2.45, 2.75) is 146 Å². The Hall–Kier alpha value is -1.83. The van der Waals surface area contributed by atoms with Crippen molar-refractivity contribution in [3.05, 3.63) is 34.9 Å². The third kappa shape index (κ3) is 7.58. The van der Waals surface area contributed by atoms with E-state index < -0.39 is 0 Å². The van der Waals surface area contributed by atoms with Gasteiger partial charge in [-0.3, -0.25) is 4.79 Å². The van der Waals surface area contributed by atoms with Crippen molar-refractivity contribution in [1.29, 1.82) is 0 Å². The molecule has 0 aromatic heterocycles. The second-order valence-corrected chi connectivity index (χ2v) is 13.8. The van der Waals surface area contributed by atoms with Gasteiger partial charge in [-0.15, -0.1) is 0 Å². The van der Waals surface area contributed by atoms with Crippen molar-refractivity contribution < 1.29 is 9.59 Å². The number of likely N-dealkylation sites (tertiary alicyclic amines) is 2. The van der Waals surface area contributed by atoms with Crippen LogP contribution < -0.4 is 11.1 Å². The van der Waals surface area contributed by atoms with Crippen LogP contribution in [0.3, 0.4) is 0 Å². The molecule has 2 aliphatic heterocycles. The number of nitrogens with one attached hydrogen (secondary N) is 1. The van der Waals surface area contributed by atoms with Gasteiger partial charge in [-0.1, -0.05) is 43.0 Å². The Morgan fingerprint density at radius 3 is 2.07 bits per heavy atom. The van der Waals surface area contributed by atoms with E-state index in [1.54, 1.807) is 0 Å². The minimum atomic E-state index is -0.269. The Morgan fingerprint density at radius 1 is 0.878 bits per heavy atom. The Morgan fingerprint density at radius 2 is 1.46 bits per heavy atom. The molecule has 228 valence electrons. The SMILES string of the molecule is C[C@@H]1CC[C@H](C)N1C(=O)N(C1CCCCC1)C1CCN(C(=O)[C@@H](Cc2ccc(Cl)cc2)NC2CCC(N)CC2)CC1. The third-order valence-corrected chi connectivity index (χ3v) is 10.6. The summed E-state index contributed by atoms with van der Waals surface area (Å²) in [4.78, 5) is 34.6. The van der Waals surface area contributed by atoms with E-state index in [4.69, 9.17) is 17.3 Å². The van der Waals surface area contributed by atoms with Crippen molar-refractivity contribution >= 4 is 23.5 Å². The van der Waals surface area contributed by atoms with Gasteiger partial charge in [-0.2, -0.15) is 0 Å². The maximum atomic E-state index is 14.1. The van der Waals surface area contributed by atoms with Gasteiger partial charge in [0.05, 0.1) is 6.04 Å². The fraction of sp³-hybridized carbons (Fsp3) is 0.758. The van der Waals surface area contributed by atoms with Gasteiger partial charge in [0, 0.05) is 54.4 Å². The number of urea groups is 1. The van der Waals surface area contributed by atoms with Crippen LogP contribution in [-0.4, -0.2) is 82.0 Å². The summed E-state index contributed by atoms with van der Waals surface area (Å²) in [6.45, 7) is 5.82. The average Bonchev–Trinajstić information content (AvgIpc) is 3.33. The predicted octanol–water partition coefficient (Wildman–Crippen LogP) is 5.73. The van der Waals surface area contributed by atoms with E-state index in [2.05, 4.69) is 33.9 Å². The summed E-state index contributed by atoms with van der Waals surface area (Å²) >= 11 is 6.14. The van der Waals surface area contributed by atoms with Crippen LogP contribution in [0.25, 0.3) is 0 Å². The molecule has 5 rings (SSSR count). The molecule has 2 saturated heterocycles. The zero-order valence-corrected chi connectivity index (χ0v) is 26.0. The quantitative estimate of drug-likeness (QED) is 0.428. The van der Waals surface area contributed by atoms with E-state index in [1.165, 1.54) is 19.3 Å². The van der Waals surface area contributed by atoms with Crippen LogP contribution >= 0.6 is 11.6 Å². The van der Waals surface area contributed by atoms with Crippen LogP contribution in [0, 0.1) is 0 Å². The minimum Gasteiger partial charge on any atom is -0.341 e. The Kier molecular flexibility index (Phi) is 10.5. The van der Waals surface area contributed by atoms with E-state index in [1.807, 2.05) is 24.3 Å². The zero-order valence-electron chi connectivity index (χ0n) is 25.3. The van der Waals surface area contributed by atoms with Gasteiger partial charge < -0.3 is 25.8 Å². The van der Waals surface area contributed by atoms with Crippen LogP contribution in [0.15, 0.2) is 24.3 Å². The molecule has 2 aliphatic carbocycles. The van der Waals surface area contributed by atoms with E-state index in [0.29, 0.717) is 48.7 Å². The number of amides is 3. The lowest BCUT2D eigenvalue weighted by molar-refractivity contribution is -0.135. The lowest BCUT2D eigenvalue weighted by Crippen LogP contribution is -2.59. The Labute approximate surface area is 252 Å². The molecule has 8 heteroatoms. The van der Waals surface area contributed by atoms with Gasteiger partial charge in [0.25, 0.3) is 0 Å². The molecule has 4 aliphatic rings. The van der Waals surface area contributed by atoms with Crippen molar-refractivity contribution in [3.63, 3.8) is 0 Å². The topological polar surface area (TPSA) is 81.9 Å². The van der Waals surface area contributed by atoms with Crippen molar-refractivity contribution in [3.8, 4) is 0 Å². The van der Waals surface area contributed by atoms with Crippen molar-refractivity contribution in [1.82, 2.24) is 20.0 Å². The highest BCUT2D eigenvalue weighted by atomic mass is 35.5. The summed E-state index contributed by atoms with van der Waals surface area (Å²) in [5.74, 6) is 0.186. The summed E-state index contributed by atoms with van der Waals surface area (Å²) in [5, 5.41) is 4.45. The number of benzene rings is 1. The number of rotatable bonds is 7. The van der Waals surface area contributed by atoms with E-state index in [9.17, 15) is 9.59 Å². The number of nitrogens with two attached hydrogens (primary N) is 1.